The molecule has 2 aromatic heterocycles. The van der Waals surface area contributed by atoms with Crippen LogP contribution in [0.4, 0.5) is 0 Å². The molecule has 0 saturated carbocycles. The highest BCUT2D eigenvalue weighted by Gasteiger charge is 2.16. The molecular formula is C24H25N3. The molecule has 1 aliphatic rings. The number of aromatic amines is 1. The van der Waals surface area contributed by atoms with Crippen molar-refractivity contribution in [1.82, 2.24) is 14.8 Å². The molecule has 0 fully saturated rings. The zero-order valence-electron chi connectivity index (χ0n) is 16.2. The predicted octanol–water partition coefficient (Wildman–Crippen LogP) is 6.83. The number of fused-ring (bicyclic) bond motifs is 5. The molecule has 0 atom stereocenters. The van der Waals surface area contributed by atoms with Crippen LogP contribution in [0.5, 0.6) is 0 Å². The van der Waals surface area contributed by atoms with E-state index in [1.54, 1.807) is 0 Å². The third-order valence-electron chi connectivity index (χ3n) is 4.79. The Hall–Kier alpha value is -3.07. The summed E-state index contributed by atoms with van der Waals surface area (Å²) in [4.78, 5) is 0. The molecule has 3 nitrogen and oxygen atoms in total. The first-order chi connectivity index (χ1) is 13.2. The second-order valence-electron chi connectivity index (χ2n) is 7.03. The minimum atomic E-state index is 0.922. The minimum Gasteiger partial charge on any atom is -0.313 e. The number of aromatic nitrogens is 3. The van der Waals surface area contributed by atoms with E-state index in [1.165, 1.54) is 44.9 Å². The first-order valence-corrected chi connectivity index (χ1v) is 9.64. The highest BCUT2D eigenvalue weighted by Crippen LogP contribution is 2.36. The second-order valence-corrected chi connectivity index (χ2v) is 7.03. The zero-order chi connectivity index (χ0) is 18.8. The van der Waals surface area contributed by atoms with Crippen LogP contribution in [-0.4, -0.2) is 14.8 Å². The van der Waals surface area contributed by atoms with Gasteiger partial charge in [-0.3, -0.25) is 5.10 Å². The van der Waals surface area contributed by atoms with Gasteiger partial charge < -0.3 is 4.57 Å². The molecule has 0 radical (unpaired) electrons. The molecule has 5 rings (SSSR count). The topological polar surface area (TPSA) is 33.6 Å². The third kappa shape index (κ3) is 2.99. The maximum Gasteiger partial charge on any atom is 0.0658 e. The number of H-pyrrole nitrogens is 1. The lowest BCUT2D eigenvalue weighted by molar-refractivity contribution is 1.09. The van der Waals surface area contributed by atoms with E-state index in [2.05, 4.69) is 96.2 Å². The van der Waals surface area contributed by atoms with Crippen LogP contribution in [-0.2, 0) is 0 Å². The van der Waals surface area contributed by atoms with Gasteiger partial charge in [0.05, 0.1) is 22.7 Å². The summed E-state index contributed by atoms with van der Waals surface area (Å²) in [6.07, 6.45) is 13.0. The van der Waals surface area contributed by atoms with Gasteiger partial charge in [-0.25, -0.2) is 0 Å². The Kier molecular flexibility index (Phi) is 4.68. The van der Waals surface area contributed by atoms with E-state index in [4.69, 9.17) is 0 Å². The largest absolute Gasteiger partial charge is 0.313 e. The molecular weight excluding hydrogens is 330 g/mol. The molecule has 0 amide bonds. The van der Waals surface area contributed by atoms with Gasteiger partial charge in [-0.2, -0.15) is 5.10 Å². The lowest BCUT2D eigenvalue weighted by atomic mass is 10.1. The van der Waals surface area contributed by atoms with Crippen LogP contribution in [0.2, 0.25) is 0 Å². The summed E-state index contributed by atoms with van der Waals surface area (Å²) in [6.45, 7) is 6.39. The first-order valence-electron chi connectivity index (χ1n) is 9.64. The Morgan fingerprint density at radius 2 is 1.81 bits per heavy atom. The van der Waals surface area contributed by atoms with Crippen LogP contribution in [0.25, 0.3) is 38.4 Å². The van der Waals surface area contributed by atoms with Crippen LogP contribution in [0.1, 0.15) is 33.6 Å². The standard InChI is InChI=1S/C21H17N3.C3H8/c1-14-5-4-6-15(10-9-14)24-19-8-3-2-7-16(19)21-17-13-22-23-18(17)11-12-20(21)24;1-3-2/h2-5,7-13H,6H2,1H3,(H,22,23);3H2,1-2H3. The van der Waals surface area contributed by atoms with Crippen LogP contribution in [0.3, 0.4) is 0 Å². The molecule has 0 spiro atoms. The molecule has 0 bridgehead atoms. The third-order valence-corrected chi connectivity index (χ3v) is 4.79. The van der Waals surface area contributed by atoms with Gasteiger partial charge in [-0.1, -0.05) is 62.3 Å². The van der Waals surface area contributed by atoms with Gasteiger partial charge in [-0.05, 0) is 31.2 Å². The minimum absolute atomic E-state index is 0.922. The molecule has 1 N–H and O–H groups in total. The van der Waals surface area contributed by atoms with E-state index in [-0.39, 0.29) is 0 Å². The van der Waals surface area contributed by atoms with Crippen molar-refractivity contribution in [3.05, 3.63) is 72.5 Å². The lowest BCUT2D eigenvalue weighted by Crippen LogP contribution is -1.95. The Balaban J connectivity index is 0.000000565. The van der Waals surface area contributed by atoms with Gasteiger partial charge >= 0.3 is 0 Å². The van der Waals surface area contributed by atoms with Gasteiger partial charge in [0.15, 0.2) is 0 Å². The summed E-state index contributed by atoms with van der Waals surface area (Å²) in [5, 5.41) is 11.0. The molecule has 27 heavy (non-hydrogen) atoms. The van der Waals surface area contributed by atoms with E-state index >= 15 is 0 Å². The van der Waals surface area contributed by atoms with Crippen molar-refractivity contribution in [1.29, 1.82) is 0 Å². The average Bonchev–Trinajstić information content (AvgIpc) is 3.21. The number of nitrogens with zero attached hydrogens (tertiary/aromatic N) is 2. The monoisotopic (exact) mass is 355 g/mol. The highest BCUT2D eigenvalue weighted by atomic mass is 15.1. The SMILES string of the molecule is CC1=CC=C(n2c3ccccc3c3c4cn[nH]c4ccc32)CC=C1.CCC. The van der Waals surface area contributed by atoms with E-state index in [0.717, 1.165) is 11.9 Å². The average molecular weight is 355 g/mol. The van der Waals surface area contributed by atoms with E-state index in [0.29, 0.717) is 0 Å². The fraction of sp³-hybridized carbons (Fsp3) is 0.208. The summed E-state index contributed by atoms with van der Waals surface area (Å²) in [7, 11) is 0. The van der Waals surface area contributed by atoms with E-state index in [1.807, 2.05) is 6.20 Å². The van der Waals surface area contributed by atoms with Crippen LogP contribution >= 0.6 is 0 Å². The Bertz CT molecular complexity index is 1200. The van der Waals surface area contributed by atoms with Crippen LogP contribution in [0, 0.1) is 0 Å². The zero-order valence-corrected chi connectivity index (χ0v) is 16.2. The van der Waals surface area contributed by atoms with Crippen molar-refractivity contribution in [3.8, 4) is 0 Å². The normalized spacial score (nSPS) is 14.0. The van der Waals surface area contributed by atoms with Gasteiger partial charge in [0.1, 0.15) is 0 Å². The Labute approximate surface area is 159 Å². The van der Waals surface area contributed by atoms with Gasteiger partial charge in [0.25, 0.3) is 0 Å². The molecule has 4 aromatic rings. The molecule has 3 heteroatoms. The number of hydrogen-bond acceptors (Lipinski definition) is 1. The van der Waals surface area contributed by atoms with Gasteiger partial charge in [0, 0.05) is 28.3 Å². The number of benzene rings is 2. The van der Waals surface area contributed by atoms with Crippen LogP contribution < -0.4 is 0 Å². The number of para-hydroxylation sites is 1. The van der Waals surface area contributed by atoms with Gasteiger partial charge in [0.2, 0.25) is 0 Å². The van der Waals surface area contributed by atoms with Crippen LogP contribution in [0.15, 0.2) is 72.5 Å². The number of allylic oxidation sites excluding steroid dienone is 6. The quantitative estimate of drug-likeness (QED) is 0.399. The van der Waals surface area contributed by atoms with Crippen molar-refractivity contribution >= 4 is 38.4 Å². The van der Waals surface area contributed by atoms with Gasteiger partial charge in [-0.15, -0.1) is 0 Å². The lowest BCUT2D eigenvalue weighted by Gasteiger charge is -2.10. The van der Waals surface area contributed by atoms with E-state index in [9.17, 15) is 0 Å². The van der Waals surface area contributed by atoms with Crippen molar-refractivity contribution in [2.45, 2.75) is 33.6 Å². The number of nitrogens with one attached hydrogen (secondary N) is 1. The maximum absolute atomic E-state index is 4.24. The summed E-state index contributed by atoms with van der Waals surface area (Å²) in [6, 6.07) is 12.9. The summed E-state index contributed by atoms with van der Waals surface area (Å²) >= 11 is 0. The molecule has 1 aliphatic carbocycles. The van der Waals surface area contributed by atoms with Crippen molar-refractivity contribution in [3.63, 3.8) is 0 Å². The second kappa shape index (κ2) is 7.28. The molecule has 0 aliphatic heterocycles. The van der Waals surface area contributed by atoms with Crippen molar-refractivity contribution in [2.24, 2.45) is 0 Å². The first kappa shape index (κ1) is 17.3. The fourth-order valence-corrected chi connectivity index (χ4v) is 3.68. The molecule has 136 valence electrons. The van der Waals surface area contributed by atoms with Crippen molar-refractivity contribution < 1.29 is 0 Å². The molecule has 2 heterocycles. The molecule has 0 unspecified atom stereocenters. The fourth-order valence-electron chi connectivity index (χ4n) is 3.68. The maximum atomic E-state index is 4.24. The number of rotatable bonds is 1. The van der Waals surface area contributed by atoms with Crippen molar-refractivity contribution in [2.75, 3.05) is 0 Å². The highest BCUT2D eigenvalue weighted by molar-refractivity contribution is 6.21. The summed E-state index contributed by atoms with van der Waals surface area (Å²) in [5.41, 5.74) is 6.13. The summed E-state index contributed by atoms with van der Waals surface area (Å²) in [5.74, 6) is 0. The molecule has 0 saturated heterocycles. The van der Waals surface area contributed by atoms with E-state index < -0.39 is 0 Å². The smallest absolute Gasteiger partial charge is 0.0658 e. The number of hydrogen-bond donors (Lipinski definition) is 1. The Morgan fingerprint density at radius 1 is 1.00 bits per heavy atom. The molecule has 2 aromatic carbocycles. The predicted molar refractivity (Wildman–Crippen MR) is 117 cm³/mol. The Morgan fingerprint density at radius 3 is 2.67 bits per heavy atom. The summed E-state index contributed by atoms with van der Waals surface area (Å²) < 4.78 is 2.39.